The van der Waals surface area contributed by atoms with E-state index in [9.17, 15) is 0 Å². The molecule has 6 unspecified atom stereocenters. The minimum Gasteiger partial charge on any atom is -0.352 e. The van der Waals surface area contributed by atoms with Crippen LogP contribution in [0.5, 0.6) is 0 Å². The van der Waals surface area contributed by atoms with Crippen LogP contribution in [-0.4, -0.2) is 19.0 Å². The van der Waals surface area contributed by atoms with E-state index in [0.29, 0.717) is 12.0 Å². The molecular formula is C13H22O2. The van der Waals surface area contributed by atoms with Crippen molar-refractivity contribution >= 4 is 0 Å². The minimum absolute atomic E-state index is 0.110. The summed E-state index contributed by atoms with van der Waals surface area (Å²) in [7, 11) is 0. The van der Waals surface area contributed by atoms with Gasteiger partial charge in [-0.3, -0.25) is 0 Å². The maximum Gasteiger partial charge on any atom is 0.161 e. The van der Waals surface area contributed by atoms with Crippen LogP contribution in [0.1, 0.15) is 39.5 Å². The van der Waals surface area contributed by atoms with Crippen LogP contribution in [-0.2, 0) is 9.47 Å². The Hall–Kier alpha value is -0.0800. The summed E-state index contributed by atoms with van der Waals surface area (Å²) in [6.45, 7) is 5.47. The van der Waals surface area contributed by atoms with E-state index in [1.807, 2.05) is 0 Å². The van der Waals surface area contributed by atoms with Gasteiger partial charge in [0.25, 0.3) is 0 Å². The van der Waals surface area contributed by atoms with Gasteiger partial charge in [-0.05, 0) is 50.4 Å². The number of ether oxygens (including phenoxy) is 2. The topological polar surface area (TPSA) is 18.5 Å². The average molecular weight is 210 g/mol. The Morgan fingerprint density at radius 2 is 1.80 bits per heavy atom. The highest BCUT2D eigenvalue weighted by molar-refractivity contribution is 4.96. The molecule has 0 radical (unpaired) electrons. The van der Waals surface area contributed by atoms with Crippen LogP contribution in [0.2, 0.25) is 0 Å². The van der Waals surface area contributed by atoms with Crippen LogP contribution in [0.4, 0.5) is 0 Å². The van der Waals surface area contributed by atoms with E-state index in [0.717, 1.165) is 30.8 Å². The van der Waals surface area contributed by atoms with Gasteiger partial charge in [-0.2, -0.15) is 0 Å². The molecule has 1 saturated heterocycles. The van der Waals surface area contributed by atoms with Gasteiger partial charge in [0.2, 0.25) is 0 Å². The monoisotopic (exact) mass is 210 g/mol. The Kier molecular flexibility index (Phi) is 2.52. The van der Waals surface area contributed by atoms with E-state index in [-0.39, 0.29) is 6.29 Å². The fraction of sp³-hybridized carbons (Fsp3) is 1.00. The van der Waals surface area contributed by atoms with Gasteiger partial charge in [0.15, 0.2) is 6.29 Å². The van der Waals surface area contributed by atoms with Crippen molar-refractivity contribution in [2.75, 3.05) is 6.61 Å². The first kappa shape index (κ1) is 10.1. The van der Waals surface area contributed by atoms with Crippen LogP contribution < -0.4 is 0 Å². The van der Waals surface area contributed by atoms with Crippen molar-refractivity contribution < 1.29 is 9.47 Å². The lowest BCUT2D eigenvalue weighted by atomic mass is 9.80. The second kappa shape index (κ2) is 3.74. The normalized spacial score (nSPS) is 54.8. The molecular weight excluding hydrogens is 188 g/mol. The smallest absolute Gasteiger partial charge is 0.161 e. The lowest BCUT2D eigenvalue weighted by molar-refractivity contribution is -0.244. The molecule has 3 rings (SSSR count). The standard InChI is InChI=1S/C13H22O2/c1-8-5-6-14-13(15-8)12-9(2)10-3-4-11(12)7-10/h8-13H,3-7H2,1-2H3. The van der Waals surface area contributed by atoms with Crippen molar-refractivity contribution in [3.63, 3.8) is 0 Å². The molecule has 1 heterocycles. The zero-order chi connectivity index (χ0) is 10.4. The molecule has 2 nitrogen and oxygen atoms in total. The molecule has 0 N–H and O–H groups in total. The SMILES string of the molecule is CC1CCOC(C2C3CCC(C3)C2C)O1. The number of rotatable bonds is 1. The summed E-state index contributed by atoms with van der Waals surface area (Å²) in [4.78, 5) is 0. The van der Waals surface area contributed by atoms with E-state index in [4.69, 9.17) is 9.47 Å². The molecule has 6 atom stereocenters. The Bertz CT molecular complexity index is 239. The summed E-state index contributed by atoms with van der Waals surface area (Å²) in [5.74, 6) is 3.36. The second-order valence-electron chi connectivity index (χ2n) is 5.74. The first-order valence-electron chi connectivity index (χ1n) is 6.53. The first-order chi connectivity index (χ1) is 7.25. The third-order valence-electron chi connectivity index (χ3n) is 4.90. The Balaban J connectivity index is 1.71. The van der Waals surface area contributed by atoms with Gasteiger partial charge in [0, 0.05) is 5.92 Å². The quantitative estimate of drug-likeness (QED) is 0.662. The maximum atomic E-state index is 5.97. The highest BCUT2D eigenvalue weighted by Crippen LogP contribution is 2.54. The molecule has 2 aliphatic carbocycles. The van der Waals surface area contributed by atoms with E-state index in [1.165, 1.54) is 19.3 Å². The third-order valence-corrected chi connectivity index (χ3v) is 4.90. The van der Waals surface area contributed by atoms with Crippen LogP contribution >= 0.6 is 0 Å². The summed E-state index contributed by atoms with van der Waals surface area (Å²) in [6.07, 6.45) is 5.87. The number of hydrogen-bond donors (Lipinski definition) is 0. The molecule has 86 valence electrons. The predicted octanol–water partition coefficient (Wildman–Crippen LogP) is 2.82. The zero-order valence-corrected chi connectivity index (χ0v) is 9.82. The van der Waals surface area contributed by atoms with Crippen LogP contribution in [0, 0.1) is 23.7 Å². The van der Waals surface area contributed by atoms with Crippen molar-refractivity contribution in [3.8, 4) is 0 Å². The average Bonchev–Trinajstić information content (AvgIpc) is 2.77. The third kappa shape index (κ3) is 1.62. The number of hydrogen-bond acceptors (Lipinski definition) is 2. The first-order valence-corrected chi connectivity index (χ1v) is 6.53. The fourth-order valence-electron chi connectivity index (χ4n) is 3.98. The molecule has 3 aliphatic rings. The van der Waals surface area contributed by atoms with Crippen LogP contribution in [0.25, 0.3) is 0 Å². The van der Waals surface area contributed by atoms with E-state index in [1.54, 1.807) is 0 Å². The largest absolute Gasteiger partial charge is 0.352 e. The van der Waals surface area contributed by atoms with Gasteiger partial charge in [-0.25, -0.2) is 0 Å². The molecule has 0 aromatic heterocycles. The summed E-state index contributed by atoms with van der Waals surface area (Å²) >= 11 is 0. The molecule has 3 fully saturated rings. The summed E-state index contributed by atoms with van der Waals surface area (Å²) in [5.41, 5.74) is 0. The van der Waals surface area contributed by atoms with Gasteiger partial charge in [-0.1, -0.05) is 6.92 Å². The summed E-state index contributed by atoms with van der Waals surface area (Å²) < 4.78 is 11.8. The predicted molar refractivity (Wildman–Crippen MR) is 58.4 cm³/mol. The van der Waals surface area contributed by atoms with Gasteiger partial charge in [-0.15, -0.1) is 0 Å². The highest BCUT2D eigenvalue weighted by Gasteiger charge is 2.49. The van der Waals surface area contributed by atoms with E-state index in [2.05, 4.69) is 13.8 Å². The maximum absolute atomic E-state index is 5.97. The summed E-state index contributed by atoms with van der Waals surface area (Å²) in [5, 5.41) is 0. The van der Waals surface area contributed by atoms with Crippen molar-refractivity contribution in [1.29, 1.82) is 0 Å². The Labute approximate surface area is 92.3 Å². The second-order valence-corrected chi connectivity index (χ2v) is 5.74. The van der Waals surface area contributed by atoms with Crippen molar-refractivity contribution in [2.24, 2.45) is 23.7 Å². The molecule has 2 heteroatoms. The molecule has 2 saturated carbocycles. The molecule has 2 bridgehead atoms. The molecule has 15 heavy (non-hydrogen) atoms. The lowest BCUT2D eigenvalue weighted by Gasteiger charge is -2.38. The van der Waals surface area contributed by atoms with Gasteiger partial charge in [0.1, 0.15) is 0 Å². The van der Waals surface area contributed by atoms with Crippen molar-refractivity contribution in [1.82, 2.24) is 0 Å². The lowest BCUT2D eigenvalue weighted by Crippen LogP contribution is -2.41. The van der Waals surface area contributed by atoms with Crippen LogP contribution in [0.3, 0.4) is 0 Å². The Morgan fingerprint density at radius 1 is 1.00 bits per heavy atom. The summed E-state index contributed by atoms with van der Waals surface area (Å²) in [6, 6.07) is 0. The van der Waals surface area contributed by atoms with Gasteiger partial charge in [0.05, 0.1) is 12.7 Å². The van der Waals surface area contributed by atoms with E-state index >= 15 is 0 Å². The minimum atomic E-state index is 0.110. The molecule has 1 aliphatic heterocycles. The highest BCUT2D eigenvalue weighted by atomic mass is 16.7. The molecule has 0 amide bonds. The van der Waals surface area contributed by atoms with Crippen molar-refractivity contribution in [2.45, 2.75) is 51.9 Å². The van der Waals surface area contributed by atoms with Gasteiger partial charge >= 0.3 is 0 Å². The molecule has 0 aromatic carbocycles. The van der Waals surface area contributed by atoms with Crippen LogP contribution in [0.15, 0.2) is 0 Å². The number of fused-ring (bicyclic) bond motifs is 2. The molecule has 0 aromatic rings. The fourth-order valence-corrected chi connectivity index (χ4v) is 3.98. The zero-order valence-electron chi connectivity index (χ0n) is 9.82. The van der Waals surface area contributed by atoms with Crippen molar-refractivity contribution in [3.05, 3.63) is 0 Å². The van der Waals surface area contributed by atoms with E-state index < -0.39 is 0 Å². The Morgan fingerprint density at radius 3 is 2.47 bits per heavy atom. The molecule has 0 spiro atoms. The van der Waals surface area contributed by atoms with Gasteiger partial charge < -0.3 is 9.47 Å².